The highest BCUT2D eigenvalue weighted by atomic mass is 32.1. The Morgan fingerprint density at radius 3 is 2.72 bits per heavy atom. The van der Waals surface area contributed by atoms with Crippen LogP contribution in [0.5, 0.6) is 5.75 Å². The molecule has 0 saturated carbocycles. The molecular formula is C13H23N3OS. The lowest BCUT2D eigenvalue weighted by Gasteiger charge is -2.32. The van der Waals surface area contributed by atoms with E-state index in [9.17, 15) is 0 Å². The summed E-state index contributed by atoms with van der Waals surface area (Å²) in [5, 5.41) is 1.12. The maximum absolute atomic E-state index is 5.86. The Bertz CT molecular complexity index is 372. The Kier molecular flexibility index (Phi) is 4.69. The van der Waals surface area contributed by atoms with Crippen molar-refractivity contribution < 1.29 is 4.74 Å². The van der Waals surface area contributed by atoms with Gasteiger partial charge in [-0.05, 0) is 37.2 Å². The van der Waals surface area contributed by atoms with E-state index < -0.39 is 0 Å². The van der Waals surface area contributed by atoms with Gasteiger partial charge in [0.1, 0.15) is 0 Å². The quantitative estimate of drug-likeness (QED) is 0.892. The molecule has 0 aliphatic carbocycles. The smallest absolute Gasteiger partial charge is 0.197 e. The molecule has 0 unspecified atom stereocenters. The Balaban J connectivity index is 2.00. The number of rotatable bonds is 5. The first-order valence-corrected chi connectivity index (χ1v) is 7.66. The van der Waals surface area contributed by atoms with Gasteiger partial charge < -0.3 is 15.4 Å². The molecule has 1 aliphatic rings. The molecule has 4 nitrogen and oxygen atoms in total. The number of hydrogen-bond acceptors (Lipinski definition) is 5. The topological polar surface area (TPSA) is 51.4 Å². The largest absolute Gasteiger partial charge is 0.487 e. The lowest BCUT2D eigenvalue weighted by molar-refractivity contribution is 0.338. The standard InChI is InChI=1S/C13H23N3OS/c1-3-5-10-6-8-16(9-7-10)13-11(17-4-2)12(14)15-18-13/h10H,3-9H2,1-2H3,(H2,14,15). The summed E-state index contributed by atoms with van der Waals surface area (Å²) in [6.45, 7) is 7.10. The van der Waals surface area contributed by atoms with Gasteiger partial charge in [-0.1, -0.05) is 19.8 Å². The van der Waals surface area contributed by atoms with Crippen LogP contribution in [0.4, 0.5) is 10.8 Å². The van der Waals surface area contributed by atoms with E-state index >= 15 is 0 Å². The Morgan fingerprint density at radius 1 is 1.39 bits per heavy atom. The van der Waals surface area contributed by atoms with Gasteiger partial charge in [0.25, 0.3) is 0 Å². The van der Waals surface area contributed by atoms with Gasteiger partial charge in [-0.15, -0.1) is 0 Å². The first kappa shape index (κ1) is 13.5. The molecular weight excluding hydrogens is 246 g/mol. The monoisotopic (exact) mass is 269 g/mol. The molecule has 0 aromatic carbocycles. The van der Waals surface area contributed by atoms with E-state index in [0.29, 0.717) is 12.4 Å². The average molecular weight is 269 g/mol. The maximum atomic E-state index is 5.86. The van der Waals surface area contributed by atoms with E-state index in [-0.39, 0.29) is 0 Å². The third-order valence-electron chi connectivity index (χ3n) is 3.54. The van der Waals surface area contributed by atoms with Crippen LogP contribution < -0.4 is 15.4 Å². The molecule has 1 aromatic rings. The summed E-state index contributed by atoms with van der Waals surface area (Å²) in [6.07, 6.45) is 5.20. The fraction of sp³-hybridized carbons (Fsp3) is 0.769. The van der Waals surface area contributed by atoms with Crippen molar-refractivity contribution in [2.75, 3.05) is 30.3 Å². The van der Waals surface area contributed by atoms with E-state index in [1.807, 2.05) is 6.92 Å². The van der Waals surface area contributed by atoms with E-state index in [2.05, 4.69) is 16.2 Å². The number of anilines is 2. The van der Waals surface area contributed by atoms with Crippen LogP contribution in [0.3, 0.4) is 0 Å². The number of nitrogens with zero attached hydrogens (tertiary/aromatic N) is 2. The van der Waals surface area contributed by atoms with Crippen molar-refractivity contribution in [3.63, 3.8) is 0 Å². The highest BCUT2D eigenvalue weighted by Gasteiger charge is 2.24. The van der Waals surface area contributed by atoms with Crippen molar-refractivity contribution >= 4 is 22.4 Å². The number of ether oxygens (including phenoxy) is 1. The lowest BCUT2D eigenvalue weighted by atomic mass is 9.93. The molecule has 0 bridgehead atoms. The summed E-state index contributed by atoms with van der Waals surface area (Å²) in [5.74, 6) is 2.22. The zero-order valence-corrected chi connectivity index (χ0v) is 12.1. The molecule has 1 saturated heterocycles. The predicted molar refractivity (Wildman–Crippen MR) is 77.5 cm³/mol. The number of nitrogen functional groups attached to an aromatic ring is 1. The van der Waals surface area contributed by atoms with Crippen molar-refractivity contribution in [2.45, 2.75) is 39.5 Å². The van der Waals surface area contributed by atoms with Crippen LogP contribution in [0.1, 0.15) is 39.5 Å². The van der Waals surface area contributed by atoms with Crippen LogP contribution in [0.2, 0.25) is 0 Å². The van der Waals surface area contributed by atoms with Crippen molar-refractivity contribution in [1.82, 2.24) is 4.37 Å². The maximum Gasteiger partial charge on any atom is 0.197 e. The van der Waals surface area contributed by atoms with Crippen LogP contribution in [-0.2, 0) is 0 Å². The van der Waals surface area contributed by atoms with Gasteiger partial charge in [0, 0.05) is 13.1 Å². The van der Waals surface area contributed by atoms with Gasteiger partial charge in [0.2, 0.25) is 0 Å². The highest BCUT2D eigenvalue weighted by Crippen LogP contribution is 2.40. The normalized spacial score (nSPS) is 17.1. The van der Waals surface area contributed by atoms with E-state index in [0.717, 1.165) is 29.8 Å². The minimum Gasteiger partial charge on any atom is -0.487 e. The molecule has 18 heavy (non-hydrogen) atoms. The Morgan fingerprint density at radius 2 is 2.11 bits per heavy atom. The second-order valence-electron chi connectivity index (χ2n) is 4.85. The van der Waals surface area contributed by atoms with Crippen molar-refractivity contribution in [2.24, 2.45) is 5.92 Å². The van der Waals surface area contributed by atoms with E-state index in [4.69, 9.17) is 10.5 Å². The van der Waals surface area contributed by atoms with Gasteiger partial charge in [-0.25, -0.2) is 0 Å². The van der Waals surface area contributed by atoms with E-state index in [1.54, 1.807) is 0 Å². The van der Waals surface area contributed by atoms with Crippen LogP contribution >= 0.6 is 11.5 Å². The molecule has 2 rings (SSSR count). The number of aromatic nitrogens is 1. The van der Waals surface area contributed by atoms with Gasteiger partial charge in [0.05, 0.1) is 6.61 Å². The number of hydrogen-bond donors (Lipinski definition) is 1. The molecule has 0 radical (unpaired) electrons. The van der Waals surface area contributed by atoms with Crippen LogP contribution in [-0.4, -0.2) is 24.1 Å². The molecule has 0 spiro atoms. The van der Waals surface area contributed by atoms with Gasteiger partial charge in [0.15, 0.2) is 16.6 Å². The SMILES string of the molecule is CCCC1CCN(c2snc(N)c2OCC)CC1. The average Bonchev–Trinajstić information content (AvgIpc) is 2.73. The highest BCUT2D eigenvalue weighted by molar-refractivity contribution is 7.11. The fourth-order valence-corrected chi connectivity index (χ4v) is 3.41. The van der Waals surface area contributed by atoms with Crippen LogP contribution in [0.15, 0.2) is 0 Å². The first-order valence-electron chi connectivity index (χ1n) is 6.89. The number of nitrogens with two attached hydrogens (primary N) is 1. The van der Waals surface area contributed by atoms with Crippen molar-refractivity contribution in [1.29, 1.82) is 0 Å². The third-order valence-corrected chi connectivity index (χ3v) is 4.45. The molecule has 1 fully saturated rings. The molecule has 1 aromatic heterocycles. The first-order chi connectivity index (χ1) is 8.76. The van der Waals surface area contributed by atoms with Crippen molar-refractivity contribution in [3.8, 4) is 5.75 Å². The van der Waals surface area contributed by atoms with Gasteiger partial charge in [-0.2, -0.15) is 4.37 Å². The van der Waals surface area contributed by atoms with Gasteiger partial charge in [-0.3, -0.25) is 0 Å². The number of piperidine rings is 1. The van der Waals surface area contributed by atoms with Crippen LogP contribution in [0, 0.1) is 5.92 Å². The summed E-state index contributed by atoms with van der Waals surface area (Å²) in [7, 11) is 0. The molecule has 1 aliphatic heterocycles. The third kappa shape index (κ3) is 2.88. The molecule has 0 atom stereocenters. The minimum absolute atomic E-state index is 0.535. The molecule has 0 amide bonds. The lowest BCUT2D eigenvalue weighted by Crippen LogP contribution is -2.33. The molecule has 5 heteroatoms. The summed E-state index contributed by atoms with van der Waals surface area (Å²) in [6, 6.07) is 0. The summed E-state index contributed by atoms with van der Waals surface area (Å²) in [5.41, 5.74) is 5.86. The van der Waals surface area contributed by atoms with E-state index in [1.165, 1.54) is 37.2 Å². The molecule has 2 N–H and O–H groups in total. The van der Waals surface area contributed by atoms with Crippen LogP contribution in [0.25, 0.3) is 0 Å². The van der Waals surface area contributed by atoms with Crippen molar-refractivity contribution in [3.05, 3.63) is 0 Å². The summed E-state index contributed by atoms with van der Waals surface area (Å²) >= 11 is 1.46. The minimum atomic E-state index is 0.535. The molecule has 102 valence electrons. The fourth-order valence-electron chi connectivity index (χ4n) is 2.60. The Labute approximate surface area is 113 Å². The summed E-state index contributed by atoms with van der Waals surface area (Å²) in [4.78, 5) is 2.38. The second kappa shape index (κ2) is 6.27. The summed E-state index contributed by atoms with van der Waals surface area (Å²) < 4.78 is 9.84. The van der Waals surface area contributed by atoms with Gasteiger partial charge >= 0.3 is 0 Å². The predicted octanol–water partition coefficient (Wildman–Crippen LogP) is 3.14. The molecule has 2 heterocycles. The second-order valence-corrected chi connectivity index (χ2v) is 5.61. The zero-order chi connectivity index (χ0) is 13.0. The zero-order valence-electron chi connectivity index (χ0n) is 11.3. The Hall–Kier alpha value is -0.970.